The molecule has 10 nitrogen and oxygen atoms in total. The van der Waals surface area contributed by atoms with Gasteiger partial charge >= 0.3 is 6.03 Å². The van der Waals surface area contributed by atoms with E-state index < -0.39 is 16.1 Å². The number of carbonyl (C=O) groups is 1. The van der Waals surface area contributed by atoms with Gasteiger partial charge in [-0.05, 0) is 64.2 Å². The van der Waals surface area contributed by atoms with Gasteiger partial charge in [0.1, 0.15) is 5.82 Å². The molecule has 0 spiro atoms. The van der Waals surface area contributed by atoms with Gasteiger partial charge in [-0.3, -0.25) is 0 Å². The molecule has 1 fully saturated rings. The number of sulfonamides is 1. The highest BCUT2D eigenvalue weighted by Crippen LogP contribution is 2.20. The Morgan fingerprint density at radius 3 is 2.45 bits per heavy atom. The van der Waals surface area contributed by atoms with E-state index in [1.807, 2.05) is 37.3 Å². The van der Waals surface area contributed by atoms with Gasteiger partial charge in [0.25, 0.3) is 0 Å². The minimum absolute atomic E-state index is 0.0523. The fourth-order valence-corrected chi connectivity index (χ4v) is 6.50. The summed E-state index contributed by atoms with van der Waals surface area (Å²) in [7, 11) is -1.79. The predicted molar refractivity (Wildman–Crippen MR) is 159 cm³/mol. The van der Waals surface area contributed by atoms with Crippen LogP contribution >= 0.6 is 0 Å². The minimum Gasteiger partial charge on any atom is -0.335 e. The fourth-order valence-electron chi connectivity index (χ4n) is 5.22. The average molecular weight is 576 g/mol. The third kappa shape index (κ3) is 10.2. The molecule has 2 aromatic rings. The molecule has 1 saturated carbocycles. The Bertz CT molecular complexity index is 1130. The molecular weight excluding hydrogens is 526 g/mol. The van der Waals surface area contributed by atoms with E-state index in [1.54, 1.807) is 16.6 Å². The maximum Gasteiger partial charge on any atom is 0.317 e. The van der Waals surface area contributed by atoms with Crippen LogP contribution < -0.4 is 10.0 Å². The van der Waals surface area contributed by atoms with Crippen LogP contribution in [0.25, 0.3) is 0 Å². The maximum absolute atomic E-state index is 13.1. The van der Waals surface area contributed by atoms with E-state index in [4.69, 9.17) is 10.1 Å². The predicted octanol–water partition coefficient (Wildman–Crippen LogP) is 4.10. The van der Waals surface area contributed by atoms with Gasteiger partial charge in [0, 0.05) is 19.6 Å². The molecule has 224 valence electrons. The summed E-state index contributed by atoms with van der Waals surface area (Å²) in [6.45, 7) is 9.55. The monoisotopic (exact) mass is 575 g/mol. The SMILES string of the molecule is CCN(CC)CCCS(=O)(=O)N[C@H](CCc1ccccc1)c1nc(CN(C)C(=O)NC2CCCCC2)n(CC)n1. The molecule has 1 aromatic heterocycles. The van der Waals surface area contributed by atoms with Gasteiger partial charge in [-0.1, -0.05) is 63.4 Å². The summed E-state index contributed by atoms with van der Waals surface area (Å²) in [6.07, 6.45) is 7.36. The summed E-state index contributed by atoms with van der Waals surface area (Å²) in [5, 5.41) is 7.85. The Balaban J connectivity index is 1.73. The Labute approximate surface area is 241 Å². The van der Waals surface area contributed by atoms with Gasteiger partial charge in [0.15, 0.2) is 5.82 Å². The second-order valence-electron chi connectivity index (χ2n) is 10.7. The number of hydrogen-bond acceptors (Lipinski definition) is 6. The van der Waals surface area contributed by atoms with Crippen LogP contribution in [0.3, 0.4) is 0 Å². The number of hydrogen-bond donors (Lipinski definition) is 2. The Morgan fingerprint density at radius 2 is 1.80 bits per heavy atom. The van der Waals surface area contributed by atoms with Gasteiger partial charge in [0.2, 0.25) is 10.0 Å². The van der Waals surface area contributed by atoms with Crippen LogP contribution in [0, 0.1) is 0 Å². The molecule has 0 saturated heterocycles. The van der Waals surface area contributed by atoms with Crippen molar-refractivity contribution in [3.63, 3.8) is 0 Å². The van der Waals surface area contributed by atoms with Gasteiger partial charge in [-0.25, -0.2) is 27.6 Å². The molecule has 0 aliphatic heterocycles. The topological polar surface area (TPSA) is 112 Å². The van der Waals surface area contributed by atoms with Crippen LogP contribution in [0.15, 0.2) is 30.3 Å². The molecule has 2 N–H and O–H groups in total. The molecule has 2 amide bonds. The molecular formula is C29H49N7O3S. The van der Waals surface area contributed by atoms with Crippen molar-refractivity contribution in [2.24, 2.45) is 0 Å². The second-order valence-corrected chi connectivity index (χ2v) is 12.6. The molecule has 1 aromatic carbocycles. The van der Waals surface area contributed by atoms with Crippen molar-refractivity contribution in [2.75, 3.05) is 32.4 Å². The molecule has 3 rings (SSSR count). The van der Waals surface area contributed by atoms with Crippen molar-refractivity contribution in [1.82, 2.24) is 34.6 Å². The summed E-state index contributed by atoms with van der Waals surface area (Å²) >= 11 is 0. The minimum atomic E-state index is -3.55. The van der Waals surface area contributed by atoms with Crippen molar-refractivity contribution in [3.05, 3.63) is 47.5 Å². The lowest BCUT2D eigenvalue weighted by Crippen LogP contribution is -2.43. The van der Waals surface area contributed by atoms with Crippen molar-refractivity contribution in [1.29, 1.82) is 0 Å². The first-order valence-electron chi connectivity index (χ1n) is 15.0. The lowest BCUT2D eigenvalue weighted by Gasteiger charge is -2.26. The number of carbonyl (C=O) groups excluding carboxylic acids is 1. The Hall–Kier alpha value is -2.50. The highest BCUT2D eigenvalue weighted by Gasteiger charge is 2.26. The molecule has 1 aliphatic rings. The molecule has 40 heavy (non-hydrogen) atoms. The van der Waals surface area contributed by atoms with Crippen LogP contribution in [0.1, 0.15) is 89.0 Å². The molecule has 1 aliphatic carbocycles. The zero-order valence-electron chi connectivity index (χ0n) is 24.8. The van der Waals surface area contributed by atoms with E-state index in [1.165, 1.54) is 6.42 Å². The van der Waals surface area contributed by atoms with E-state index in [2.05, 4.69) is 28.8 Å². The first-order chi connectivity index (χ1) is 19.2. The number of urea groups is 1. The van der Waals surface area contributed by atoms with Crippen LogP contribution in [0.5, 0.6) is 0 Å². The fraction of sp³-hybridized carbons (Fsp3) is 0.690. The van der Waals surface area contributed by atoms with Crippen molar-refractivity contribution < 1.29 is 13.2 Å². The first kappa shape index (κ1) is 32.0. The number of benzene rings is 1. The van der Waals surface area contributed by atoms with Gasteiger partial charge in [-0.2, -0.15) is 5.10 Å². The number of rotatable bonds is 16. The normalized spacial score (nSPS) is 15.3. The quantitative estimate of drug-likeness (QED) is 0.312. The molecule has 0 bridgehead atoms. The van der Waals surface area contributed by atoms with Crippen molar-refractivity contribution in [2.45, 2.75) is 97.3 Å². The van der Waals surface area contributed by atoms with Crippen LogP contribution in [-0.2, 0) is 29.5 Å². The number of nitrogens with zero attached hydrogens (tertiary/aromatic N) is 5. The Kier molecular flexibility index (Phi) is 12.9. The number of amides is 2. The molecule has 11 heteroatoms. The molecule has 0 unspecified atom stereocenters. The largest absolute Gasteiger partial charge is 0.335 e. The number of aromatic nitrogens is 3. The lowest BCUT2D eigenvalue weighted by atomic mass is 9.96. The zero-order chi connectivity index (χ0) is 29.0. The van der Waals surface area contributed by atoms with Crippen LogP contribution in [0.4, 0.5) is 4.79 Å². The Morgan fingerprint density at radius 1 is 1.10 bits per heavy atom. The summed E-state index contributed by atoms with van der Waals surface area (Å²) in [5.41, 5.74) is 1.13. The highest BCUT2D eigenvalue weighted by molar-refractivity contribution is 7.89. The summed E-state index contributed by atoms with van der Waals surface area (Å²) < 4.78 is 31.0. The van der Waals surface area contributed by atoms with Gasteiger partial charge < -0.3 is 15.1 Å². The third-order valence-electron chi connectivity index (χ3n) is 7.70. The van der Waals surface area contributed by atoms with E-state index >= 15 is 0 Å². The summed E-state index contributed by atoms with van der Waals surface area (Å²) in [4.78, 5) is 21.5. The van der Waals surface area contributed by atoms with E-state index in [9.17, 15) is 13.2 Å². The van der Waals surface area contributed by atoms with E-state index in [0.717, 1.165) is 50.9 Å². The van der Waals surface area contributed by atoms with Crippen LogP contribution in [-0.4, -0.2) is 77.5 Å². The summed E-state index contributed by atoms with van der Waals surface area (Å²) in [6, 6.07) is 9.56. The zero-order valence-corrected chi connectivity index (χ0v) is 25.6. The second kappa shape index (κ2) is 16.1. The smallest absolute Gasteiger partial charge is 0.317 e. The number of aryl methyl sites for hydroxylation is 2. The van der Waals surface area contributed by atoms with Crippen molar-refractivity contribution in [3.8, 4) is 0 Å². The first-order valence-corrected chi connectivity index (χ1v) is 16.6. The van der Waals surface area contributed by atoms with E-state index in [0.29, 0.717) is 44.0 Å². The van der Waals surface area contributed by atoms with E-state index in [-0.39, 0.29) is 17.8 Å². The number of nitrogens with one attached hydrogen (secondary N) is 2. The molecule has 0 radical (unpaired) electrons. The van der Waals surface area contributed by atoms with Gasteiger partial charge in [-0.15, -0.1) is 0 Å². The lowest BCUT2D eigenvalue weighted by molar-refractivity contribution is 0.197. The average Bonchev–Trinajstić information content (AvgIpc) is 3.37. The highest BCUT2D eigenvalue weighted by atomic mass is 32.2. The van der Waals surface area contributed by atoms with Crippen molar-refractivity contribution >= 4 is 16.1 Å². The maximum atomic E-state index is 13.1. The summed E-state index contributed by atoms with van der Waals surface area (Å²) in [5.74, 6) is 1.14. The molecule has 1 atom stereocenters. The third-order valence-corrected chi connectivity index (χ3v) is 9.17. The standard InChI is InChI=1S/C29H49N7O3S/c1-5-35(6-2)21-14-22-40(38,39)33-26(20-19-24-15-10-8-11-16-24)28-31-27(36(7-3)32-28)23-34(4)29(37)30-25-17-12-9-13-18-25/h8,10-11,15-16,25-26,33H,5-7,9,12-14,17-23H2,1-4H3,(H,30,37)/t26-/m1/s1. The van der Waals surface area contributed by atoms with Gasteiger partial charge in [0.05, 0.1) is 18.3 Å². The molecule has 1 heterocycles. The van der Waals surface area contributed by atoms with Crippen LogP contribution in [0.2, 0.25) is 0 Å².